The average molecular weight is 484 g/mol. The third-order valence-corrected chi connectivity index (χ3v) is 5.66. The zero-order chi connectivity index (χ0) is 21.6. The van der Waals surface area contributed by atoms with Crippen molar-refractivity contribution in [2.45, 2.75) is 19.4 Å². The Labute approximate surface area is 188 Å². The summed E-state index contributed by atoms with van der Waals surface area (Å²) < 4.78 is 11.9. The molecule has 1 N–H and O–H groups in total. The van der Waals surface area contributed by atoms with Crippen molar-refractivity contribution in [2.24, 2.45) is 5.92 Å². The number of amides is 2. The molecule has 1 fully saturated rings. The molecule has 3 aromatic rings. The second-order valence-corrected chi connectivity index (χ2v) is 8.22. The van der Waals surface area contributed by atoms with Crippen LogP contribution in [-0.2, 0) is 11.3 Å². The first-order chi connectivity index (χ1) is 15.1. The van der Waals surface area contributed by atoms with Crippen LogP contribution in [0.4, 0.5) is 0 Å². The van der Waals surface area contributed by atoms with E-state index in [-0.39, 0.29) is 17.7 Å². The molecule has 0 saturated carbocycles. The molecule has 1 aliphatic heterocycles. The molecule has 1 aliphatic rings. The van der Waals surface area contributed by atoms with Gasteiger partial charge in [0.1, 0.15) is 11.5 Å². The van der Waals surface area contributed by atoms with E-state index in [9.17, 15) is 9.59 Å². The topological polar surface area (TPSA) is 84.7 Å². The van der Waals surface area contributed by atoms with Gasteiger partial charge in [-0.15, -0.1) is 0 Å². The molecule has 1 aromatic carbocycles. The third-order valence-electron chi connectivity index (χ3n) is 5.17. The highest BCUT2D eigenvalue weighted by Gasteiger charge is 2.28. The highest BCUT2D eigenvalue weighted by atomic mass is 79.9. The number of piperidine rings is 1. The number of hydrogen-bond acceptors (Lipinski definition) is 5. The molecule has 0 bridgehead atoms. The number of rotatable bonds is 6. The second kappa shape index (κ2) is 9.78. The molecule has 4 rings (SSSR count). The van der Waals surface area contributed by atoms with E-state index in [4.69, 9.17) is 9.15 Å². The van der Waals surface area contributed by atoms with Crippen LogP contribution in [0, 0.1) is 5.92 Å². The smallest absolute Gasteiger partial charge is 0.255 e. The lowest BCUT2D eigenvalue weighted by Gasteiger charge is -2.31. The van der Waals surface area contributed by atoms with Crippen molar-refractivity contribution < 1.29 is 18.7 Å². The fourth-order valence-electron chi connectivity index (χ4n) is 3.48. The van der Waals surface area contributed by atoms with Crippen LogP contribution in [-0.4, -0.2) is 34.8 Å². The maximum atomic E-state index is 12.8. The molecule has 0 atom stereocenters. The van der Waals surface area contributed by atoms with E-state index < -0.39 is 0 Å². The van der Waals surface area contributed by atoms with E-state index in [1.807, 2.05) is 30.3 Å². The monoisotopic (exact) mass is 483 g/mol. The second-order valence-electron chi connectivity index (χ2n) is 7.31. The minimum absolute atomic E-state index is 0.000726. The van der Waals surface area contributed by atoms with Crippen molar-refractivity contribution in [2.75, 3.05) is 13.1 Å². The van der Waals surface area contributed by atoms with E-state index in [2.05, 4.69) is 26.2 Å². The van der Waals surface area contributed by atoms with E-state index in [0.717, 1.165) is 10.2 Å². The van der Waals surface area contributed by atoms with Gasteiger partial charge >= 0.3 is 0 Å². The normalized spacial score (nSPS) is 14.3. The first kappa shape index (κ1) is 21.1. The molecule has 2 amide bonds. The van der Waals surface area contributed by atoms with Crippen LogP contribution in [0.25, 0.3) is 0 Å². The Bertz CT molecular complexity index is 1030. The van der Waals surface area contributed by atoms with Crippen LogP contribution in [0.15, 0.2) is 69.9 Å². The summed E-state index contributed by atoms with van der Waals surface area (Å²) in [6, 6.07) is 14.5. The van der Waals surface area contributed by atoms with Gasteiger partial charge in [-0.2, -0.15) is 0 Å². The van der Waals surface area contributed by atoms with Crippen LogP contribution in [0.1, 0.15) is 29.0 Å². The summed E-state index contributed by atoms with van der Waals surface area (Å²) in [5.41, 5.74) is 0.502. The fraction of sp³-hybridized carbons (Fsp3) is 0.261. The van der Waals surface area contributed by atoms with Gasteiger partial charge in [0, 0.05) is 35.7 Å². The molecule has 2 aromatic heterocycles. The molecule has 31 heavy (non-hydrogen) atoms. The van der Waals surface area contributed by atoms with Crippen molar-refractivity contribution in [3.8, 4) is 11.6 Å². The van der Waals surface area contributed by atoms with E-state index in [0.29, 0.717) is 49.7 Å². The van der Waals surface area contributed by atoms with E-state index in [1.54, 1.807) is 29.4 Å². The Morgan fingerprint density at radius 2 is 2.00 bits per heavy atom. The molecular formula is C23H22BrN3O4. The Balaban J connectivity index is 1.27. The number of nitrogens with one attached hydrogen (secondary N) is 1. The maximum absolute atomic E-state index is 12.8. The Morgan fingerprint density at radius 3 is 2.68 bits per heavy atom. The number of carbonyl (C=O) groups is 2. The van der Waals surface area contributed by atoms with Gasteiger partial charge in [-0.1, -0.05) is 22.0 Å². The van der Waals surface area contributed by atoms with Gasteiger partial charge in [-0.3, -0.25) is 9.59 Å². The summed E-state index contributed by atoms with van der Waals surface area (Å²) in [5.74, 6) is 1.61. The van der Waals surface area contributed by atoms with Gasteiger partial charge in [0.25, 0.3) is 5.91 Å². The maximum Gasteiger partial charge on any atom is 0.255 e. The zero-order valence-corrected chi connectivity index (χ0v) is 18.4. The molecular weight excluding hydrogens is 462 g/mol. The molecule has 0 unspecified atom stereocenters. The molecule has 0 spiro atoms. The van der Waals surface area contributed by atoms with Crippen LogP contribution in [0.5, 0.6) is 11.6 Å². The Kier molecular flexibility index (Phi) is 6.66. The SMILES string of the molecule is O=C(NCc1ccco1)C1CCN(C(=O)c2ccc(Oc3cccc(Br)c3)nc2)CC1. The molecule has 7 nitrogen and oxygen atoms in total. The van der Waals surface area contributed by atoms with Crippen molar-refractivity contribution in [1.82, 2.24) is 15.2 Å². The first-order valence-corrected chi connectivity index (χ1v) is 10.9. The molecule has 0 aliphatic carbocycles. The third kappa shape index (κ3) is 5.52. The zero-order valence-electron chi connectivity index (χ0n) is 16.8. The number of ether oxygens (including phenoxy) is 1. The molecule has 8 heteroatoms. The summed E-state index contributed by atoms with van der Waals surface area (Å²) in [6.07, 6.45) is 4.37. The van der Waals surface area contributed by atoms with Gasteiger partial charge in [0.15, 0.2) is 0 Å². The summed E-state index contributed by atoms with van der Waals surface area (Å²) in [6.45, 7) is 1.45. The number of hydrogen-bond donors (Lipinski definition) is 1. The average Bonchev–Trinajstić information content (AvgIpc) is 3.31. The number of furan rings is 1. The number of carbonyl (C=O) groups excluding carboxylic acids is 2. The highest BCUT2D eigenvalue weighted by molar-refractivity contribution is 9.10. The summed E-state index contributed by atoms with van der Waals surface area (Å²) in [7, 11) is 0. The lowest BCUT2D eigenvalue weighted by molar-refractivity contribution is -0.126. The highest BCUT2D eigenvalue weighted by Crippen LogP contribution is 2.24. The minimum Gasteiger partial charge on any atom is -0.467 e. The Hall–Kier alpha value is -3.13. The number of benzene rings is 1. The number of halogens is 1. The van der Waals surface area contributed by atoms with Gasteiger partial charge in [0.05, 0.1) is 18.4 Å². The summed E-state index contributed by atoms with van der Waals surface area (Å²) in [5, 5.41) is 2.90. The summed E-state index contributed by atoms with van der Waals surface area (Å²) in [4.78, 5) is 31.2. The van der Waals surface area contributed by atoms with Crippen molar-refractivity contribution in [3.63, 3.8) is 0 Å². The van der Waals surface area contributed by atoms with Crippen LogP contribution in [0.3, 0.4) is 0 Å². The standard InChI is InChI=1S/C23H22BrN3O4/c24-18-3-1-4-19(13-18)31-21-7-6-17(14-25-21)23(29)27-10-8-16(9-11-27)22(28)26-15-20-5-2-12-30-20/h1-7,12-14,16H,8-11,15H2,(H,26,28). The van der Waals surface area contributed by atoms with Crippen LogP contribution in [0.2, 0.25) is 0 Å². The van der Waals surface area contributed by atoms with Crippen LogP contribution >= 0.6 is 15.9 Å². The van der Waals surface area contributed by atoms with Crippen LogP contribution < -0.4 is 10.1 Å². The molecule has 3 heterocycles. The number of pyridine rings is 1. The lowest BCUT2D eigenvalue weighted by Crippen LogP contribution is -2.42. The van der Waals surface area contributed by atoms with Gasteiger partial charge in [-0.05, 0) is 49.2 Å². The fourth-order valence-corrected chi connectivity index (χ4v) is 3.86. The predicted molar refractivity (Wildman–Crippen MR) is 118 cm³/mol. The number of likely N-dealkylation sites (tertiary alicyclic amines) is 1. The van der Waals surface area contributed by atoms with Crippen molar-refractivity contribution >= 4 is 27.7 Å². The number of nitrogens with zero attached hydrogens (tertiary/aromatic N) is 2. The van der Waals surface area contributed by atoms with E-state index >= 15 is 0 Å². The number of aromatic nitrogens is 1. The Morgan fingerprint density at radius 1 is 1.16 bits per heavy atom. The lowest BCUT2D eigenvalue weighted by atomic mass is 9.95. The molecule has 0 radical (unpaired) electrons. The quantitative estimate of drug-likeness (QED) is 0.561. The van der Waals surface area contributed by atoms with Gasteiger partial charge < -0.3 is 19.4 Å². The summed E-state index contributed by atoms with van der Waals surface area (Å²) >= 11 is 3.40. The molecule has 160 valence electrons. The molecule has 1 saturated heterocycles. The predicted octanol–water partition coefficient (Wildman–Crippen LogP) is 4.40. The van der Waals surface area contributed by atoms with Gasteiger partial charge in [0.2, 0.25) is 11.8 Å². The largest absolute Gasteiger partial charge is 0.467 e. The van der Waals surface area contributed by atoms with Gasteiger partial charge in [-0.25, -0.2) is 4.98 Å². The minimum atomic E-state index is -0.0990. The van der Waals surface area contributed by atoms with Crippen molar-refractivity contribution in [1.29, 1.82) is 0 Å². The van der Waals surface area contributed by atoms with Crippen molar-refractivity contribution in [3.05, 3.63) is 76.8 Å². The first-order valence-electron chi connectivity index (χ1n) is 10.1. The van der Waals surface area contributed by atoms with E-state index in [1.165, 1.54) is 6.20 Å².